The third kappa shape index (κ3) is 1.58. The number of fused-ring (bicyclic) bond motifs is 2. The molecule has 4 aromatic rings. The zero-order valence-electron chi connectivity index (χ0n) is 10.5. The Kier molecular flexibility index (Phi) is 2.44. The number of pyridine rings is 1. The van der Waals surface area contributed by atoms with E-state index in [1.807, 2.05) is 54.0 Å². The van der Waals surface area contributed by atoms with Crippen LogP contribution in [0.1, 0.15) is 15.9 Å². The van der Waals surface area contributed by atoms with Crippen LogP contribution in [0.25, 0.3) is 15.6 Å². The average molecular weight is 278 g/mol. The van der Waals surface area contributed by atoms with Gasteiger partial charge in [0.15, 0.2) is 5.78 Å². The lowest BCUT2D eigenvalue weighted by molar-refractivity contribution is 0.104. The Balaban J connectivity index is 1.94. The molecule has 3 nitrogen and oxygen atoms in total. The molecule has 0 atom stereocenters. The fraction of sp³-hybridized carbons (Fsp3) is 0. The van der Waals surface area contributed by atoms with E-state index in [9.17, 15) is 4.79 Å². The quantitative estimate of drug-likeness (QED) is 0.523. The summed E-state index contributed by atoms with van der Waals surface area (Å²) in [6, 6.07) is 13.6. The van der Waals surface area contributed by atoms with Crippen LogP contribution in [0.4, 0.5) is 0 Å². The van der Waals surface area contributed by atoms with Crippen LogP contribution in [0.15, 0.2) is 60.2 Å². The summed E-state index contributed by atoms with van der Waals surface area (Å²) in [7, 11) is 0. The molecule has 0 aliphatic rings. The second-order valence-electron chi connectivity index (χ2n) is 4.56. The van der Waals surface area contributed by atoms with Crippen molar-refractivity contribution in [2.45, 2.75) is 0 Å². The fourth-order valence-electron chi connectivity index (χ4n) is 2.43. The maximum Gasteiger partial charge on any atom is 0.198 e. The van der Waals surface area contributed by atoms with Crippen molar-refractivity contribution in [3.8, 4) is 0 Å². The topological polar surface area (TPSA) is 34.4 Å². The first kappa shape index (κ1) is 11.4. The highest BCUT2D eigenvalue weighted by molar-refractivity contribution is 7.17. The number of hydrogen-bond donors (Lipinski definition) is 0. The Morgan fingerprint density at radius 1 is 1.05 bits per heavy atom. The number of carbonyl (C=O) groups is 1. The smallest absolute Gasteiger partial charge is 0.198 e. The predicted molar refractivity (Wildman–Crippen MR) is 80.4 cm³/mol. The van der Waals surface area contributed by atoms with Crippen molar-refractivity contribution < 1.29 is 4.79 Å². The SMILES string of the molecule is O=C(c1cccc2ccsc12)c1cnn2ccccc12. The summed E-state index contributed by atoms with van der Waals surface area (Å²) in [6.07, 6.45) is 3.49. The van der Waals surface area contributed by atoms with Crippen LogP contribution in [0.5, 0.6) is 0 Å². The van der Waals surface area contributed by atoms with Crippen molar-refractivity contribution in [1.29, 1.82) is 0 Å². The lowest BCUT2D eigenvalue weighted by Gasteiger charge is -2.01. The fourth-order valence-corrected chi connectivity index (χ4v) is 3.34. The van der Waals surface area contributed by atoms with Gasteiger partial charge in [0.2, 0.25) is 0 Å². The lowest BCUT2D eigenvalue weighted by atomic mass is 10.0. The zero-order valence-corrected chi connectivity index (χ0v) is 11.3. The van der Waals surface area contributed by atoms with Crippen molar-refractivity contribution in [2.24, 2.45) is 0 Å². The van der Waals surface area contributed by atoms with Gasteiger partial charge in [-0.25, -0.2) is 4.52 Å². The number of nitrogens with zero attached hydrogens (tertiary/aromatic N) is 2. The minimum absolute atomic E-state index is 0.0271. The molecule has 3 heterocycles. The molecule has 20 heavy (non-hydrogen) atoms. The van der Waals surface area contributed by atoms with E-state index in [1.165, 1.54) is 0 Å². The van der Waals surface area contributed by atoms with Crippen LogP contribution >= 0.6 is 11.3 Å². The Morgan fingerprint density at radius 3 is 2.95 bits per heavy atom. The maximum absolute atomic E-state index is 12.8. The molecular weight excluding hydrogens is 268 g/mol. The van der Waals surface area contributed by atoms with E-state index < -0.39 is 0 Å². The normalized spacial score (nSPS) is 11.2. The van der Waals surface area contributed by atoms with Crippen molar-refractivity contribution in [3.63, 3.8) is 0 Å². The summed E-state index contributed by atoms with van der Waals surface area (Å²) in [5.41, 5.74) is 2.23. The molecule has 0 fully saturated rings. The minimum atomic E-state index is 0.0271. The minimum Gasteiger partial charge on any atom is -0.288 e. The van der Waals surface area contributed by atoms with Gasteiger partial charge >= 0.3 is 0 Å². The molecule has 0 aliphatic heterocycles. The van der Waals surface area contributed by atoms with Gasteiger partial charge in [0, 0.05) is 16.5 Å². The maximum atomic E-state index is 12.8. The number of aromatic nitrogens is 2. The summed E-state index contributed by atoms with van der Waals surface area (Å²) >= 11 is 1.60. The third-order valence-corrected chi connectivity index (χ3v) is 4.36. The molecule has 3 aromatic heterocycles. The van der Waals surface area contributed by atoms with E-state index in [1.54, 1.807) is 22.0 Å². The van der Waals surface area contributed by atoms with Gasteiger partial charge in [-0.2, -0.15) is 5.10 Å². The summed E-state index contributed by atoms with van der Waals surface area (Å²) in [5, 5.41) is 7.35. The van der Waals surface area contributed by atoms with E-state index >= 15 is 0 Å². The van der Waals surface area contributed by atoms with Gasteiger partial charge in [-0.3, -0.25) is 4.79 Å². The highest BCUT2D eigenvalue weighted by Gasteiger charge is 2.17. The Bertz CT molecular complexity index is 936. The standard InChI is InChI=1S/C16H10N2OS/c19-15(12-5-3-4-11-7-9-20-16(11)12)13-10-17-18-8-2-1-6-14(13)18/h1-10H. The largest absolute Gasteiger partial charge is 0.288 e. The van der Waals surface area contributed by atoms with Gasteiger partial charge in [0.1, 0.15) is 0 Å². The van der Waals surface area contributed by atoms with E-state index in [4.69, 9.17) is 0 Å². The summed E-state index contributed by atoms with van der Waals surface area (Å²) < 4.78 is 2.76. The van der Waals surface area contributed by atoms with Gasteiger partial charge in [-0.15, -0.1) is 11.3 Å². The van der Waals surface area contributed by atoms with Crippen LogP contribution in [0.3, 0.4) is 0 Å². The number of rotatable bonds is 2. The second-order valence-corrected chi connectivity index (χ2v) is 5.48. The number of thiophene rings is 1. The molecule has 0 aliphatic carbocycles. The molecule has 0 N–H and O–H groups in total. The van der Waals surface area contributed by atoms with E-state index in [2.05, 4.69) is 5.10 Å². The molecule has 0 radical (unpaired) electrons. The highest BCUT2D eigenvalue weighted by atomic mass is 32.1. The Labute approximate surface area is 119 Å². The van der Waals surface area contributed by atoms with Crippen LogP contribution in [-0.4, -0.2) is 15.4 Å². The first-order valence-corrected chi connectivity index (χ1v) is 7.16. The molecule has 4 rings (SSSR count). The molecule has 1 aromatic carbocycles. The van der Waals surface area contributed by atoms with E-state index in [-0.39, 0.29) is 5.78 Å². The number of hydrogen-bond acceptors (Lipinski definition) is 3. The zero-order chi connectivity index (χ0) is 13.5. The number of ketones is 1. The molecule has 4 heteroatoms. The third-order valence-electron chi connectivity index (χ3n) is 3.39. The Hall–Kier alpha value is -2.46. The summed E-state index contributed by atoms with van der Waals surface area (Å²) in [6.45, 7) is 0. The number of carbonyl (C=O) groups excluding carboxylic acids is 1. The van der Waals surface area contributed by atoms with Crippen LogP contribution in [0.2, 0.25) is 0 Å². The first-order chi connectivity index (χ1) is 9.84. The van der Waals surface area contributed by atoms with Crippen molar-refractivity contribution in [1.82, 2.24) is 9.61 Å². The van der Waals surface area contributed by atoms with Crippen molar-refractivity contribution in [2.75, 3.05) is 0 Å². The monoisotopic (exact) mass is 278 g/mol. The molecule has 0 spiro atoms. The van der Waals surface area contributed by atoms with Gasteiger partial charge in [0.05, 0.1) is 17.3 Å². The van der Waals surface area contributed by atoms with Crippen LogP contribution in [-0.2, 0) is 0 Å². The number of benzene rings is 1. The first-order valence-electron chi connectivity index (χ1n) is 6.28. The van der Waals surface area contributed by atoms with Crippen molar-refractivity contribution >= 4 is 32.7 Å². The molecular formula is C16H10N2OS. The second kappa shape index (κ2) is 4.28. The van der Waals surface area contributed by atoms with Gasteiger partial charge in [-0.05, 0) is 35.0 Å². The van der Waals surface area contributed by atoms with E-state index in [0.717, 1.165) is 21.2 Å². The summed E-state index contributed by atoms with van der Waals surface area (Å²) in [5.74, 6) is 0.0271. The van der Waals surface area contributed by atoms with Gasteiger partial charge < -0.3 is 0 Å². The Morgan fingerprint density at radius 2 is 2.00 bits per heavy atom. The summed E-state index contributed by atoms with van der Waals surface area (Å²) in [4.78, 5) is 12.8. The van der Waals surface area contributed by atoms with Crippen LogP contribution < -0.4 is 0 Å². The molecule has 0 amide bonds. The van der Waals surface area contributed by atoms with E-state index in [0.29, 0.717) is 5.56 Å². The molecule has 0 saturated carbocycles. The molecule has 0 bridgehead atoms. The van der Waals surface area contributed by atoms with Crippen molar-refractivity contribution in [3.05, 3.63) is 71.4 Å². The van der Waals surface area contributed by atoms with Crippen LogP contribution in [0, 0.1) is 0 Å². The molecule has 96 valence electrons. The predicted octanol–water partition coefficient (Wildman–Crippen LogP) is 3.78. The molecule has 0 saturated heterocycles. The van der Waals surface area contributed by atoms with Gasteiger partial charge in [0.25, 0.3) is 0 Å². The highest BCUT2D eigenvalue weighted by Crippen LogP contribution is 2.27. The van der Waals surface area contributed by atoms with Gasteiger partial charge in [-0.1, -0.05) is 18.2 Å². The molecule has 0 unspecified atom stereocenters. The average Bonchev–Trinajstić information content (AvgIpc) is 3.12. The lowest BCUT2D eigenvalue weighted by Crippen LogP contribution is -2.00.